The lowest BCUT2D eigenvalue weighted by molar-refractivity contribution is 0.143. The van der Waals surface area contributed by atoms with Gasteiger partial charge < -0.3 is 10.2 Å². The van der Waals surface area contributed by atoms with E-state index in [-0.39, 0.29) is 6.03 Å². The molecule has 1 fully saturated rings. The Bertz CT molecular complexity index is 999. The number of para-hydroxylation sites is 2. The first-order chi connectivity index (χ1) is 14.2. The van der Waals surface area contributed by atoms with E-state index in [0.29, 0.717) is 18.7 Å². The first-order valence-corrected chi connectivity index (χ1v) is 9.59. The number of aromatic nitrogens is 2. The van der Waals surface area contributed by atoms with Crippen LogP contribution in [0.3, 0.4) is 0 Å². The zero-order valence-electron chi connectivity index (χ0n) is 16.0. The number of nitriles is 1. The van der Waals surface area contributed by atoms with Gasteiger partial charge in [-0.2, -0.15) is 10.4 Å². The largest absolute Gasteiger partial charge is 0.322 e. The molecule has 3 aromatic rings. The number of carbonyl (C=O) groups is 1. The fourth-order valence-electron chi connectivity index (χ4n) is 3.44. The van der Waals surface area contributed by atoms with Crippen molar-refractivity contribution in [1.82, 2.24) is 19.6 Å². The Hall–Kier alpha value is -3.63. The van der Waals surface area contributed by atoms with Gasteiger partial charge in [-0.1, -0.05) is 24.3 Å². The molecular formula is C22H22N6O. The summed E-state index contributed by atoms with van der Waals surface area (Å²) in [7, 11) is 0. The predicted octanol–water partition coefficient (Wildman–Crippen LogP) is 3.09. The van der Waals surface area contributed by atoms with Crippen molar-refractivity contribution in [3.05, 3.63) is 78.1 Å². The Morgan fingerprint density at radius 1 is 1.03 bits per heavy atom. The number of anilines is 1. The summed E-state index contributed by atoms with van der Waals surface area (Å²) in [6.45, 7) is 3.80. The van der Waals surface area contributed by atoms with Gasteiger partial charge in [-0.3, -0.25) is 4.90 Å². The number of piperazine rings is 1. The van der Waals surface area contributed by atoms with E-state index < -0.39 is 0 Å². The van der Waals surface area contributed by atoms with Gasteiger partial charge in [-0.15, -0.1) is 0 Å². The molecule has 1 N–H and O–H groups in total. The number of hydrogen-bond donors (Lipinski definition) is 1. The summed E-state index contributed by atoms with van der Waals surface area (Å²) in [5.74, 6) is 0. The van der Waals surface area contributed by atoms with E-state index in [2.05, 4.69) is 21.4 Å². The Morgan fingerprint density at radius 2 is 1.79 bits per heavy atom. The lowest BCUT2D eigenvalue weighted by atomic mass is 10.1. The van der Waals surface area contributed by atoms with Crippen LogP contribution in [0.25, 0.3) is 5.69 Å². The maximum absolute atomic E-state index is 12.8. The predicted molar refractivity (Wildman–Crippen MR) is 111 cm³/mol. The van der Waals surface area contributed by atoms with Crippen molar-refractivity contribution < 1.29 is 4.79 Å². The van der Waals surface area contributed by atoms with Crippen LogP contribution in [0.5, 0.6) is 0 Å². The van der Waals surface area contributed by atoms with E-state index in [1.807, 2.05) is 65.7 Å². The second-order valence-corrected chi connectivity index (χ2v) is 6.97. The molecule has 1 aliphatic rings. The number of nitrogens with one attached hydrogen (secondary N) is 1. The summed E-state index contributed by atoms with van der Waals surface area (Å²) in [6.07, 6.45) is 3.57. The van der Waals surface area contributed by atoms with Crippen molar-refractivity contribution in [2.24, 2.45) is 0 Å². The van der Waals surface area contributed by atoms with Crippen LogP contribution >= 0.6 is 0 Å². The van der Waals surface area contributed by atoms with E-state index in [4.69, 9.17) is 5.26 Å². The first kappa shape index (κ1) is 18.7. The van der Waals surface area contributed by atoms with Gasteiger partial charge in [0.1, 0.15) is 0 Å². The molecule has 0 spiro atoms. The molecule has 1 saturated heterocycles. The van der Waals surface area contributed by atoms with Gasteiger partial charge in [0.25, 0.3) is 0 Å². The van der Waals surface area contributed by atoms with Crippen LogP contribution in [-0.4, -0.2) is 51.8 Å². The molecule has 1 aliphatic heterocycles. The van der Waals surface area contributed by atoms with Crippen LogP contribution in [0.1, 0.15) is 11.1 Å². The van der Waals surface area contributed by atoms with Gasteiger partial charge >= 0.3 is 6.03 Å². The fraction of sp³-hybridized carbons (Fsp3) is 0.227. The molecule has 7 heteroatoms. The smallest absolute Gasteiger partial charge is 0.321 e. The van der Waals surface area contributed by atoms with Crippen molar-refractivity contribution in [1.29, 1.82) is 5.26 Å². The topological polar surface area (TPSA) is 77.2 Å². The number of nitrogens with zero attached hydrogens (tertiary/aromatic N) is 5. The van der Waals surface area contributed by atoms with E-state index >= 15 is 0 Å². The van der Waals surface area contributed by atoms with Crippen LogP contribution in [0.2, 0.25) is 0 Å². The van der Waals surface area contributed by atoms with Crippen molar-refractivity contribution >= 4 is 11.7 Å². The van der Waals surface area contributed by atoms with Gasteiger partial charge in [0.15, 0.2) is 0 Å². The average molecular weight is 386 g/mol. The SMILES string of the molecule is N#Cc1ccc(CN2CCN(C(=O)Nc3ccccc3-n3cccn3)CC2)cc1. The molecule has 2 aromatic carbocycles. The number of urea groups is 1. The molecule has 0 atom stereocenters. The van der Waals surface area contributed by atoms with Crippen molar-refractivity contribution in [2.45, 2.75) is 6.54 Å². The summed E-state index contributed by atoms with van der Waals surface area (Å²) in [5.41, 5.74) is 3.42. The lowest BCUT2D eigenvalue weighted by Gasteiger charge is -2.34. The fourth-order valence-corrected chi connectivity index (χ4v) is 3.44. The molecule has 7 nitrogen and oxygen atoms in total. The van der Waals surface area contributed by atoms with Gasteiger partial charge in [0.05, 0.1) is 23.0 Å². The highest BCUT2D eigenvalue weighted by atomic mass is 16.2. The molecule has 4 rings (SSSR count). The van der Waals surface area contributed by atoms with Gasteiger partial charge in [0, 0.05) is 45.1 Å². The summed E-state index contributed by atoms with van der Waals surface area (Å²) >= 11 is 0. The molecule has 146 valence electrons. The van der Waals surface area contributed by atoms with Crippen LogP contribution in [0.15, 0.2) is 67.0 Å². The van der Waals surface area contributed by atoms with Crippen LogP contribution in [-0.2, 0) is 6.54 Å². The molecule has 1 aromatic heterocycles. The number of hydrogen-bond acceptors (Lipinski definition) is 4. The van der Waals surface area contributed by atoms with E-state index in [1.54, 1.807) is 10.9 Å². The number of rotatable bonds is 4. The van der Waals surface area contributed by atoms with Crippen LogP contribution in [0.4, 0.5) is 10.5 Å². The number of carbonyl (C=O) groups excluding carboxylic acids is 1. The van der Waals surface area contributed by atoms with Gasteiger partial charge in [-0.25, -0.2) is 9.48 Å². The summed E-state index contributed by atoms with van der Waals surface area (Å²) in [6, 6.07) is 19.2. The second-order valence-electron chi connectivity index (χ2n) is 6.97. The Morgan fingerprint density at radius 3 is 2.48 bits per heavy atom. The minimum Gasteiger partial charge on any atom is -0.322 e. The normalized spacial score (nSPS) is 14.4. The molecule has 2 heterocycles. The Kier molecular flexibility index (Phi) is 5.54. The molecule has 2 amide bonds. The van der Waals surface area contributed by atoms with E-state index in [0.717, 1.165) is 31.0 Å². The molecule has 29 heavy (non-hydrogen) atoms. The van der Waals surface area contributed by atoms with Gasteiger partial charge in [-0.05, 0) is 35.9 Å². The monoisotopic (exact) mass is 386 g/mol. The molecule has 0 unspecified atom stereocenters. The third kappa shape index (κ3) is 4.45. The quantitative estimate of drug-likeness (QED) is 0.747. The maximum Gasteiger partial charge on any atom is 0.321 e. The molecular weight excluding hydrogens is 364 g/mol. The summed E-state index contributed by atoms with van der Waals surface area (Å²) < 4.78 is 1.74. The standard InChI is InChI=1S/C22H22N6O/c23-16-18-6-8-19(9-7-18)17-26-12-14-27(15-13-26)22(29)25-20-4-1-2-5-21(20)28-11-3-10-24-28/h1-11H,12-15,17H2,(H,25,29). The zero-order valence-corrected chi connectivity index (χ0v) is 16.0. The molecule has 0 bridgehead atoms. The highest BCUT2D eigenvalue weighted by molar-refractivity contribution is 5.91. The molecule has 0 radical (unpaired) electrons. The van der Waals surface area contributed by atoms with E-state index in [9.17, 15) is 4.79 Å². The molecule has 0 saturated carbocycles. The third-order valence-electron chi connectivity index (χ3n) is 5.05. The molecule has 0 aliphatic carbocycles. The minimum absolute atomic E-state index is 0.0948. The van der Waals surface area contributed by atoms with Crippen LogP contribution < -0.4 is 5.32 Å². The van der Waals surface area contributed by atoms with E-state index in [1.165, 1.54) is 5.56 Å². The Balaban J connectivity index is 1.33. The van der Waals surface area contributed by atoms with Crippen molar-refractivity contribution in [3.63, 3.8) is 0 Å². The van der Waals surface area contributed by atoms with Crippen molar-refractivity contribution in [3.8, 4) is 11.8 Å². The Labute approximate surface area is 169 Å². The van der Waals surface area contributed by atoms with Crippen LogP contribution in [0, 0.1) is 11.3 Å². The third-order valence-corrected chi connectivity index (χ3v) is 5.05. The zero-order chi connectivity index (χ0) is 20.1. The summed E-state index contributed by atoms with van der Waals surface area (Å²) in [5, 5.41) is 16.2. The number of benzene rings is 2. The number of amides is 2. The summed E-state index contributed by atoms with van der Waals surface area (Å²) in [4.78, 5) is 16.9. The highest BCUT2D eigenvalue weighted by Crippen LogP contribution is 2.20. The van der Waals surface area contributed by atoms with Gasteiger partial charge in [0.2, 0.25) is 0 Å². The van der Waals surface area contributed by atoms with Crippen molar-refractivity contribution in [2.75, 3.05) is 31.5 Å². The highest BCUT2D eigenvalue weighted by Gasteiger charge is 2.22. The lowest BCUT2D eigenvalue weighted by Crippen LogP contribution is -2.49. The second kappa shape index (κ2) is 8.59. The average Bonchev–Trinajstić information content (AvgIpc) is 3.30. The first-order valence-electron chi connectivity index (χ1n) is 9.59. The minimum atomic E-state index is -0.0948. The maximum atomic E-state index is 12.8.